The van der Waals surface area contributed by atoms with Gasteiger partial charge in [0.05, 0.1) is 19.0 Å². The SMILES string of the molecule is C[C@@H]1CN(c2nc(Cl)nc(CNC(=O)[C@H](CC3CCCC3)CN(O)C=O)c2F)[C@H](C)CN1C. The molecular weight excluding hydrogens is 451 g/mol. The Morgan fingerprint density at radius 1 is 1.30 bits per heavy atom. The Kier molecular flexibility index (Phi) is 8.83. The zero-order valence-electron chi connectivity index (χ0n) is 19.5. The van der Waals surface area contributed by atoms with E-state index in [0.29, 0.717) is 23.9 Å². The smallest absolute Gasteiger partial charge is 0.233 e. The minimum Gasteiger partial charge on any atom is -0.350 e. The molecular formula is C22H34ClFN6O3. The molecule has 1 aliphatic heterocycles. The summed E-state index contributed by atoms with van der Waals surface area (Å²) >= 11 is 6.12. The predicted octanol–water partition coefficient (Wildman–Crippen LogP) is 2.46. The highest BCUT2D eigenvalue weighted by Gasteiger charge is 2.31. The van der Waals surface area contributed by atoms with Crippen molar-refractivity contribution in [2.45, 2.75) is 64.6 Å². The van der Waals surface area contributed by atoms with Crippen molar-refractivity contribution in [3.8, 4) is 0 Å². The van der Waals surface area contributed by atoms with E-state index >= 15 is 4.39 Å². The molecule has 2 amide bonds. The lowest BCUT2D eigenvalue weighted by Gasteiger charge is -2.43. The lowest BCUT2D eigenvalue weighted by atomic mass is 9.92. The lowest BCUT2D eigenvalue weighted by molar-refractivity contribution is -0.155. The number of hydrogen-bond acceptors (Lipinski definition) is 7. The summed E-state index contributed by atoms with van der Waals surface area (Å²) in [5.74, 6) is -1.05. The first-order valence-corrected chi connectivity index (χ1v) is 11.9. The minimum absolute atomic E-state index is 0.00740. The standard InChI is InChI=1S/C22H34ClFN6O3/c1-14-11-30(15(2)10-28(14)3)20-19(24)18(26-22(23)27-20)9-25-21(32)17(12-29(33)13-31)8-16-6-4-5-7-16/h13-17,33H,4-12H2,1-3H3,(H,25,32)/t14-,15-,17-/m1/s1. The first-order valence-electron chi connectivity index (χ1n) is 11.6. The molecule has 1 aromatic heterocycles. The fourth-order valence-corrected chi connectivity index (χ4v) is 5.03. The van der Waals surface area contributed by atoms with Gasteiger partial charge < -0.3 is 10.2 Å². The Morgan fingerprint density at radius 2 is 2.00 bits per heavy atom. The molecule has 2 fully saturated rings. The number of likely N-dealkylation sites (N-methyl/N-ethyl adjacent to an activating group) is 1. The first kappa shape index (κ1) is 25.6. The molecule has 1 saturated heterocycles. The summed E-state index contributed by atoms with van der Waals surface area (Å²) < 4.78 is 15.4. The van der Waals surface area contributed by atoms with Crippen LogP contribution in [-0.2, 0) is 16.1 Å². The van der Waals surface area contributed by atoms with Crippen molar-refractivity contribution in [3.63, 3.8) is 0 Å². The number of carbonyl (C=O) groups is 2. The maximum absolute atomic E-state index is 15.4. The van der Waals surface area contributed by atoms with Crippen molar-refractivity contribution in [1.82, 2.24) is 25.2 Å². The zero-order chi connectivity index (χ0) is 24.1. The topological polar surface area (TPSA) is 102 Å². The summed E-state index contributed by atoms with van der Waals surface area (Å²) in [4.78, 5) is 36.0. The maximum Gasteiger partial charge on any atom is 0.233 e. The van der Waals surface area contributed by atoms with Crippen LogP contribution in [-0.4, -0.2) is 76.2 Å². The van der Waals surface area contributed by atoms with Crippen LogP contribution in [0.15, 0.2) is 0 Å². The Labute approximate surface area is 199 Å². The molecule has 2 N–H and O–H groups in total. The van der Waals surface area contributed by atoms with Gasteiger partial charge in [-0.1, -0.05) is 25.7 Å². The van der Waals surface area contributed by atoms with E-state index in [1.165, 1.54) is 0 Å². The third-order valence-corrected chi connectivity index (χ3v) is 7.04. The van der Waals surface area contributed by atoms with Crippen LogP contribution in [0.5, 0.6) is 0 Å². The summed E-state index contributed by atoms with van der Waals surface area (Å²) in [6.07, 6.45) is 5.13. The van der Waals surface area contributed by atoms with Crippen molar-refractivity contribution in [3.05, 3.63) is 16.8 Å². The van der Waals surface area contributed by atoms with E-state index in [1.807, 2.05) is 18.9 Å². The third-order valence-electron chi connectivity index (χ3n) is 6.87. The number of anilines is 1. The van der Waals surface area contributed by atoms with Crippen molar-refractivity contribution < 1.29 is 19.2 Å². The van der Waals surface area contributed by atoms with Gasteiger partial charge in [-0.05, 0) is 44.8 Å². The van der Waals surface area contributed by atoms with Gasteiger partial charge in [-0.3, -0.25) is 19.7 Å². The zero-order valence-corrected chi connectivity index (χ0v) is 20.3. The van der Waals surface area contributed by atoms with Gasteiger partial charge in [-0.15, -0.1) is 0 Å². The molecule has 1 aliphatic carbocycles. The molecule has 0 aromatic carbocycles. The highest BCUT2D eigenvalue weighted by atomic mass is 35.5. The number of carbonyl (C=O) groups excluding carboxylic acids is 2. The summed E-state index contributed by atoms with van der Waals surface area (Å²) in [7, 11) is 2.03. The lowest BCUT2D eigenvalue weighted by Crippen LogP contribution is -2.55. The maximum atomic E-state index is 15.4. The molecule has 33 heavy (non-hydrogen) atoms. The van der Waals surface area contributed by atoms with Crippen LogP contribution in [0.25, 0.3) is 0 Å². The van der Waals surface area contributed by atoms with Crippen LogP contribution in [0.4, 0.5) is 10.2 Å². The highest BCUT2D eigenvalue weighted by molar-refractivity contribution is 6.28. The number of hydrogen-bond donors (Lipinski definition) is 2. The number of aromatic nitrogens is 2. The van der Waals surface area contributed by atoms with Gasteiger partial charge in [-0.25, -0.2) is 14.4 Å². The largest absolute Gasteiger partial charge is 0.350 e. The van der Waals surface area contributed by atoms with Gasteiger partial charge in [0.25, 0.3) is 0 Å². The van der Waals surface area contributed by atoms with Crippen LogP contribution in [0.3, 0.4) is 0 Å². The summed E-state index contributed by atoms with van der Waals surface area (Å²) in [6, 6.07) is 0.247. The Hall–Kier alpha value is -2.04. The fourth-order valence-electron chi connectivity index (χ4n) is 4.85. The molecule has 184 valence electrons. The normalized spacial score (nSPS) is 22.9. The molecule has 9 nitrogen and oxygen atoms in total. The van der Waals surface area contributed by atoms with Crippen molar-refractivity contribution in [2.24, 2.45) is 11.8 Å². The summed E-state index contributed by atoms with van der Waals surface area (Å²) in [5.41, 5.74) is 0.00740. The molecule has 0 bridgehead atoms. The molecule has 3 atom stereocenters. The Morgan fingerprint density at radius 3 is 2.67 bits per heavy atom. The minimum atomic E-state index is -0.604. The fraction of sp³-hybridized carbons (Fsp3) is 0.727. The average molecular weight is 485 g/mol. The van der Waals surface area contributed by atoms with Crippen molar-refractivity contribution >= 4 is 29.7 Å². The summed E-state index contributed by atoms with van der Waals surface area (Å²) in [6.45, 7) is 5.14. The highest BCUT2D eigenvalue weighted by Crippen LogP contribution is 2.31. The number of hydroxylamine groups is 2. The number of amides is 2. The van der Waals surface area contributed by atoms with Gasteiger partial charge in [0.2, 0.25) is 17.6 Å². The van der Waals surface area contributed by atoms with E-state index < -0.39 is 11.7 Å². The van der Waals surface area contributed by atoms with E-state index in [2.05, 4.69) is 27.1 Å². The van der Waals surface area contributed by atoms with Crippen molar-refractivity contribution in [1.29, 1.82) is 0 Å². The predicted molar refractivity (Wildman–Crippen MR) is 122 cm³/mol. The molecule has 0 unspecified atom stereocenters. The van der Waals surface area contributed by atoms with Crippen LogP contribution in [0, 0.1) is 17.7 Å². The molecule has 2 aliphatic rings. The van der Waals surface area contributed by atoms with Gasteiger partial charge in [-0.2, -0.15) is 4.98 Å². The van der Waals surface area contributed by atoms with Crippen LogP contribution in [0.1, 0.15) is 51.6 Å². The Bertz CT molecular complexity index is 841. The Balaban J connectivity index is 1.72. The van der Waals surface area contributed by atoms with Crippen LogP contribution >= 0.6 is 11.6 Å². The average Bonchev–Trinajstić information content (AvgIpc) is 3.29. The second-order valence-electron chi connectivity index (χ2n) is 9.40. The molecule has 11 heteroatoms. The number of nitrogens with one attached hydrogen (secondary N) is 1. The molecule has 0 spiro atoms. The first-order chi connectivity index (χ1) is 15.7. The quantitative estimate of drug-likeness (QED) is 0.240. The van der Waals surface area contributed by atoms with E-state index in [1.54, 1.807) is 0 Å². The molecule has 1 aromatic rings. The van der Waals surface area contributed by atoms with E-state index in [0.717, 1.165) is 32.2 Å². The summed E-state index contributed by atoms with van der Waals surface area (Å²) in [5, 5.41) is 12.8. The van der Waals surface area contributed by atoms with E-state index in [9.17, 15) is 14.8 Å². The van der Waals surface area contributed by atoms with E-state index in [4.69, 9.17) is 11.6 Å². The second kappa shape index (κ2) is 11.4. The van der Waals surface area contributed by atoms with Gasteiger partial charge >= 0.3 is 0 Å². The number of nitrogens with zero attached hydrogens (tertiary/aromatic N) is 5. The molecule has 2 heterocycles. The molecule has 3 rings (SSSR count). The monoisotopic (exact) mass is 484 g/mol. The van der Waals surface area contributed by atoms with Crippen LogP contribution in [0.2, 0.25) is 5.28 Å². The van der Waals surface area contributed by atoms with Gasteiger partial charge in [0.1, 0.15) is 5.69 Å². The van der Waals surface area contributed by atoms with E-state index in [-0.39, 0.29) is 54.3 Å². The number of rotatable bonds is 9. The van der Waals surface area contributed by atoms with Crippen molar-refractivity contribution in [2.75, 3.05) is 31.6 Å². The number of halogens is 2. The number of piperazine rings is 1. The molecule has 0 radical (unpaired) electrons. The van der Waals surface area contributed by atoms with Gasteiger partial charge in [0, 0.05) is 25.2 Å². The van der Waals surface area contributed by atoms with Gasteiger partial charge in [0.15, 0.2) is 11.6 Å². The second-order valence-corrected chi connectivity index (χ2v) is 9.73. The van der Waals surface area contributed by atoms with Crippen LogP contribution < -0.4 is 10.2 Å². The third kappa shape index (κ3) is 6.51. The molecule has 1 saturated carbocycles.